The van der Waals surface area contributed by atoms with E-state index in [4.69, 9.17) is 0 Å². The molecule has 0 aromatic heterocycles. The lowest BCUT2D eigenvalue weighted by Gasteiger charge is -2.22. The third-order valence-electron chi connectivity index (χ3n) is 3.91. The number of hydrogen-bond acceptors (Lipinski definition) is 5. The fraction of sp³-hybridized carbons (Fsp3) is 0.176. The Hall–Kier alpha value is -2.85. The zero-order chi connectivity index (χ0) is 19.6. The Kier molecular flexibility index (Phi) is 5.19. The van der Waals surface area contributed by atoms with Gasteiger partial charge in [-0.1, -0.05) is 30.3 Å². The van der Waals surface area contributed by atoms with Crippen LogP contribution in [0.1, 0.15) is 11.6 Å². The number of cyclic esters (lactones) is 1. The minimum absolute atomic E-state index is 0.315. The van der Waals surface area contributed by atoms with Crippen LogP contribution < -0.4 is 4.72 Å². The van der Waals surface area contributed by atoms with Crippen molar-refractivity contribution in [3.05, 3.63) is 65.7 Å². The van der Waals surface area contributed by atoms with Crippen LogP contribution in [-0.2, 0) is 19.6 Å². The molecule has 1 N–H and O–H groups in total. The maximum absolute atomic E-state index is 13.4. The SMILES string of the molecule is O=C1COC(=O)N1CC(NS(=O)(=O)c1ccc(F)c(F)c1)c1ccccc1. The van der Waals surface area contributed by atoms with Crippen molar-refractivity contribution < 1.29 is 31.5 Å². The number of rotatable bonds is 6. The van der Waals surface area contributed by atoms with Crippen LogP contribution in [0, 0.1) is 11.6 Å². The molecule has 2 aromatic rings. The first kappa shape index (κ1) is 18.9. The Balaban J connectivity index is 1.92. The minimum atomic E-state index is -4.27. The molecular weight excluding hydrogens is 382 g/mol. The molecule has 1 saturated heterocycles. The molecule has 0 saturated carbocycles. The molecule has 142 valence electrons. The summed E-state index contributed by atoms with van der Waals surface area (Å²) in [5.41, 5.74) is 0.469. The number of sulfonamides is 1. The molecule has 0 spiro atoms. The van der Waals surface area contributed by atoms with Gasteiger partial charge in [0.25, 0.3) is 5.91 Å². The number of hydrogen-bond donors (Lipinski definition) is 1. The molecule has 1 unspecified atom stereocenters. The summed E-state index contributed by atoms with van der Waals surface area (Å²) in [6.45, 7) is -0.735. The first-order chi connectivity index (χ1) is 12.8. The molecule has 2 amide bonds. The Bertz CT molecular complexity index is 966. The molecule has 1 heterocycles. The highest BCUT2D eigenvalue weighted by molar-refractivity contribution is 7.89. The van der Waals surface area contributed by atoms with Crippen LogP contribution in [-0.4, -0.2) is 38.5 Å². The van der Waals surface area contributed by atoms with Crippen LogP contribution in [0.5, 0.6) is 0 Å². The molecule has 1 fully saturated rings. The van der Waals surface area contributed by atoms with E-state index in [0.717, 1.165) is 11.0 Å². The number of carbonyl (C=O) groups excluding carboxylic acids is 2. The van der Waals surface area contributed by atoms with Crippen molar-refractivity contribution in [1.29, 1.82) is 0 Å². The van der Waals surface area contributed by atoms with Crippen molar-refractivity contribution >= 4 is 22.0 Å². The van der Waals surface area contributed by atoms with E-state index in [9.17, 15) is 26.8 Å². The van der Waals surface area contributed by atoms with Crippen LogP contribution in [0.25, 0.3) is 0 Å². The third kappa shape index (κ3) is 4.12. The van der Waals surface area contributed by atoms with Gasteiger partial charge in [-0.15, -0.1) is 0 Å². The Morgan fingerprint density at radius 3 is 2.37 bits per heavy atom. The average Bonchev–Trinajstić information content (AvgIpc) is 2.96. The topological polar surface area (TPSA) is 92.8 Å². The van der Waals surface area contributed by atoms with E-state index in [1.165, 1.54) is 0 Å². The molecule has 1 aliphatic rings. The van der Waals surface area contributed by atoms with E-state index in [1.807, 2.05) is 0 Å². The van der Waals surface area contributed by atoms with Crippen molar-refractivity contribution in [3.63, 3.8) is 0 Å². The average molecular weight is 396 g/mol. The molecule has 1 atom stereocenters. The van der Waals surface area contributed by atoms with E-state index in [1.54, 1.807) is 30.3 Å². The van der Waals surface area contributed by atoms with E-state index in [-0.39, 0.29) is 6.54 Å². The molecule has 3 rings (SSSR count). The second-order valence-corrected chi connectivity index (χ2v) is 7.43. The van der Waals surface area contributed by atoms with Gasteiger partial charge in [-0.2, -0.15) is 0 Å². The minimum Gasteiger partial charge on any atom is -0.439 e. The molecule has 0 radical (unpaired) electrons. The quantitative estimate of drug-likeness (QED) is 0.806. The van der Waals surface area contributed by atoms with Crippen molar-refractivity contribution in [2.75, 3.05) is 13.2 Å². The number of nitrogens with zero attached hydrogens (tertiary/aromatic N) is 1. The number of ether oxygens (including phenoxy) is 1. The Morgan fingerprint density at radius 2 is 1.78 bits per heavy atom. The fourth-order valence-electron chi connectivity index (χ4n) is 2.54. The molecule has 2 aromatic carbocycles. The van der Waals surface area contributed by atoms with Crippen LogP contribution in [0.2, 0.25) is 0 Å². The Morgan fingerprint density at radius 1 is 1.07 bits per heavy atom. The molecule has 10 heteroatoms. The summed E-state index contributed by atoms with van der Waals surface area (Å²) < 4.78 is 58.6. The number of nitrogens with one attached hydrogen (secondary N) is 1. The van der Waals surface area contributed by atoms with Gasteiger partial charge in [-0.25, -0.2) is 31.6 Å². The van der Waals surface area contributed by atoms with Gasteiger partial charge in [0, 0.05) is 0 Å². The summed E-state index contributed by atoms with van der Waals surface area (Å²) in [5.74, 6) is -3.10. The summed E-state index contributed by atoms with van der Waals surface area (Å²) in [4.78, 5) is 23.8. The van der Waals surface area contributed by atoms with E-state index in [0.29, 0.717) is 17.7 Å². The van der Waals surface area contributed by atoms with E-state index in [2.05, 4.69) is 9.46 Å². The molecule has 1 aliphatic heterocycles. The number of imide groups is 1. The van der Waals surface area contributed by atoms with Gasteiger partial charge >= 0.3 is 6.09 Å². The summed E-state index contributed by atoms with van der Waals surface area (Å²) >= 11 is 0. The van der Waals surface area contributed by atoms with Gasteiger partial charge in [0.2, 0.25) is 10.0 Å². The number of carbonyl (C=O) groups is 2. The fourth-order valence-corrected chi connectivity index (χ4v) is 3.76. The first-order valence-electron chi connectivity index (χ1n) is 7.77. The predicted octanol–water partition coefficient (Wildman–Crippen LogP) is 1.96. The van der Waals surface area contributed by atoms with Crippen LogP contribution >= 0.6 is 0 Å². The highest BCUT2D eigenvalue weighted by atomic mass is 32.2. The Labute approximate surface area is 153 Å². The summed E-state index contributed by atoms with van der Waals surface area (Å²) in [6, 6.07) is 9.36. The van der Waals surface area contributed by atoms with Gasteiger partial charge in [0.15, 0.2) is 18.2 Å². The van der Waals surface area contributed by atoms with Gasteiger partial charge in [0.1, 0.15) is 0 Å². The monoisotopic (exact) mass is 396 g/mol. The highest BCUT2D eigenvalue weighted by Crippen LogP contribution is 2.21. The second-order valence-electron chi connectivity index (χ2n) is 5.72. The van der Waals surface area contributed by atoms with E-state index >= 15 is 0 Å². The summed E-state index contributed by atoms with van der Waals surface area (Å²) in [7, 11) is -4.27. The van der Waals surface area contributed by atoms with Crippen LogP contribution in [0.15, 0.2) is 53.4 Å². The molecular formula is C17H14F2N2O5S. The maximum Gasteiger partial charge on any atom is 0.417 e. The normalized spacial score (nSPS) is 15.7. The number of amides is 2. The summed E-state index contributed by atoms with van der Waals surface area (Å²) in [6.07, 6.45) is -0.882. The van der Waals surface area contributed by atoms with Crippen LogP contribution in [0.3, 0.4) is 0 Å². The van der Waals surface area contributed by atoms with Crippen molar-refractivity contribution in [3.8, 4) is 0 Å². The molecule has 7 nitrogen and oxygen atoms in total. The molecule has 0 aliphatic carbocycles. The lowest BCUT2D eigenvalue weighted by Crippen LogP contribution is -2.40. The predicted molar refractivity (Wildman–Crippen MR) is 88.9 cm³/mol. The molecule has 0 bridgehead atoms. The van der Waals surface area contributed by atoms with Crippen LogP contribution in [0.4, 0.5) is 13.6 Å². The zero-order valence-electron chi connectivity index (χ0n) is 13.8. The van der Waals surface area contributed by atoms with E-state index < -0.39 is 51.2 Å². The summed E-state index contributed by atoms with van der Waals surface area (Å²) in [5, 5.41) is 0. The van der Waals surface area contributed by atoms with Gasteiger partial charge < -0.3 is 4.74 Å². The van der Waals surface area contributed by atoms with Gasteiger partial charge in [-0.05, 0) is 23.8 Å². The smallest absolute Gasteiger partial charge is 0.417 e. The lowest BCUT2D eigenvalue weighted by atomic mass is 10.1. The van der Waals surface area contributed by atoms with Crippen molar-refractivity contribution in [1.82, 2.24) is 9.62 Å². The second kappa shape index (κ2) is 7.41. The van der Waals surface area contributed by atoms with Gasteiger partial charge in [-0.3, -0.25) is 4.79 Å². The third-order valence-corrected chi connectivity index (χ3v) is 5.38. The van der Waals surface area contributed by atoms with Crippen molar-refractivity contribution in [2.45, 2.75) is 10.9 Å². The lowest BCUT2D eigenvalue weighted by molar-refractivity contribution is -0.126. The largest absolute Gasteiger partial charge is 0.439 e. The zero-order valence-corrected chi connectivity index (χ0v) is 14.6. The van der Waals surface area contributed by atoms with Crippen molar-refractivity contribution in [2.24, 2.45) is 0 Å². The highest BCUT2D eigenvalue weighted by Gasteiger charge is 2.34. The molecule has 27 heavy (non-hydrogen) atoms. The van der Waals surface area contributed by atoms with Gasteiger partial charge in [0.05, 0.1) is 17.5 Å². The number of halogens is 2. The standard InChI is InChI=1S/C17H14F2N2O5S/c18-13-7-6-12(8-14(13)19)27(24,25)20-15(11-4-2-1-3-5-11)9-21-16(22)10-26-17(21)23/h1-8,15,20H,9-10H2. The number of benzene rings is 2. The first-order valence-corrected chi connectivity index (χ1v) is 9.26. The maximum atomic E-state index is 13.4.